The Morgan fingerprint density at radius 2 is 1.84 bits per heavy atom. The van der Waals surface area contributed by atoms with Gasteiger partial charge in [-0.2, -0.15) is 13.2 Å². The van der Waals surface area contributed by atoms with Crippen LogP contribution in [0.25, 0.3) is 10.9 Å². The first-order valence-electron chi connectivity index (χ1n) is 10.1. The molecule has 3 aromatic rings. The molecule has 0 aliphatic heterocycles. The van der Waals surface area contributed by atoms with Gasteiger partial charge in [0.25, 0.3) is 0 Å². The molecule has 0 saturated heterocycles. The van der Waals surface area contributed by atoms with Crippen molar-refractivity contribution < 1.29 is 32.3 Å². The minimum Gasteiger partial charge on any atom is -0.480 e. The van der Waals surface area contributed by atoms with Crippen molar-refractivity contribution in [2.45, 2.75) is 44.4 Å². The lowest BCUT2D eigenvalue weighted by atomic mass is 9.91. The third kappa shape index (κ3) is 4.46. The molecule has 1 amide bonds. The molecule has 1 aliphatic rings. The summed E-state index contributed by atoms with van der Waals surface area (Å²) in [6, 6.07) is 8.44. The van der Waals surface area contributed by atoms with Gasteiger partial charge in [-0.25, -0.2) is 4.39 Å². The fraction of sp³-hybridized carbons (Fsp3) is 0.304. The van der Waals surface area contributed by atoms with Crippen molar-refractivity contribution in [3.05, 3.63) is 70.7 Å². The van der Waals surface area contributed by atoms with Gasteiger partial charge in [-0.15, -0.1) is 0 Å². The maximum absolute atomic E-state index is 13.9. The van der Waals surface area contributed by atoms with Crippen molar-refractivity contribution in [3.63, 3.8) is 0 Å². The summed E-state index contributed by atoms with van der Waals surface area (Å²) in [7, 11) is 0. The number of nitrogens with zero attached hydrogens (tertiary/aromatic N) is 1. The Morgan fingerprint density at radius 3 is 2.50 bits per heavy atom. The number of aliphatic carboxylic acids is 1. The first-order valence-corrected chi connectivity index (χ1v) is 10.1. The average molecular weight is 448 g/mol. The Bertz CT molecular complexity index is 1180. The van der Waals surface area contributed by atoms with E-state index < -0.39 is 23.5 Å². The Kier molecular flexibility index (Phi) is 5.66. The molecule has 2 aromatic carbocycles. The number of halogens is 4. The smallest absolute Gasteiger partial charge is 0.416 e. The fourth-order valence-corrected chi connectivity index (χ4v) is 4.34. The minimum absolute atomic E-state index is 0.0586. The molecule has 1 aliphatic carbocycles. The van der Waals surface area contributed by atoms with E-state index in [0.29, 0.717) is 35.7 Å². The molecule has 1 heterocycles. The number of hydrogen-bond acceptors (Lipinski definition) is 2. The predicted octanol–water partition coefficient (Wildman–Crippen LogP) is 4.10. The number of carbonyl (C=O) groups is 2. The molecule has 0 fully saturated rings. The van der Waals surface area contributed by atoms with Gasteiger partial charge in [0.1, 0.15) is 12.4 Å². The quantitative estimate of drug-likeness (QED) is 0.578. The van der Waals surface area contributed by atoms with Gasteiger partial charge in [0.05, 0.1) is 12.0 Å². The second kappa shape index (κ2) is 8.29. The molecule has 0 saturated carbocycles. The van der Waals surface area contributed by atoms with E-state index in [1.165, 1.54) is 24.3 Å². The highest BCUT2D eigenvalue weighted by molar-refractivity contribution is 5.87. The van der Waals surface area contributed by atoms with E-state index in [9.17, 15) is 32.3 Å². The van der Waals surface area contributed by atoms with Crippen LogP contribution in [-0.4, -0.2) is 27.6 Å². The van der Waals surface area contributed by atoms with E-state index in [-0.39, 0.29) is 24.9 Å². The summed E-state index contributed by atoms with van der Waals surface area (Å²) in [4.78, 5) is 23.8. The first kappa shape index (κ1) is 21.9. The van der Waals surface area contributed by atoms with Crippen molar-refractivity contribution in [1.82, 2.24) is 9.88 Å². The lowest BCUT2D eigenvalue weighted by Crippen LogP contribution is -2.39. The number of carboxylic acid groups (broad SMARTS) is 1. The molecular weight excluding hydrogens is 428 g/mol. The standard InChI is InChI=1S/C23H20F4N2O3/c24-15-5-7-19-17(10-15)18-11-16(6-8-20(18)29(19)12-22(31)32)28-21(30)9-13-1-3-14(4-2-13)23(25,26)27/h1-5,7,10,16H,6,8-9,11-12H2,(H,28,30)(H,31,32)/t16-/m1/s1. The molecule has 4 rings (SSSR count). The number of benzene rings is 2. The number of carbonyl (C=O) groups excluding carboxylic acids is 1. The Balaban J connectivity index is 1.49. The molecule has 168 valence electrons. The van der Waals surface area contributed by atoms with Crippen LogP contribution in [0.1, 0.15) is 28.8 Å². The van der Waals surface area contributed by atoms with E-state index in [0.717, 1.165) is 23.4 Å². The molecule has 32 heavy (non-hydrogen) atoms. The Labute approximate surface area is 180 Å². The van der Waals surface area contributed by atoms with Gasteiger partial charge in [-0.3, -0.25) is 9.59 Å². The van der Waals surface area contributed by atoms with E-state index in [4.69, 9.17) is 0 Å². The van der Waals surface area contributed by atoms with Crippen molar-refractivity contribution in [2.75, 3.05) is 0 Å². The van der Waals surface area contributed by atoms with Crippen LogP contribution in [0.2, 0.25) is 0 Å². The molecular formula is C23H20F4N2O3. The van der Waals surface area contributed by atoms with Crippen LogP contribution in [0.15, 0.2) is 42.5 Å². The largest absolute Gasteiger partial charge is 0.480 e. The highest BCUT2D eigenvalue weighted by atomic mass is 19.4. The van der Waals surface area contributed by atoms with Gasteiger partial charge in [0.2, 0.25) is 5.91 Å². The number of nitrogens with one attached hydrogen (secondary N) is 1. The molecule has 0 spiro atoms. The summed E-state index contributed by atoms with van der Waals surface area (Å²) in [6.45, 7) is -0.234. The van der Waals surface area contributed by atoms with Crippen LogP contribution in [0.3, 0.4) is 0 Å². The monoisotopic (exact) mass is 448 g/mol. The van der Waals surface area contributed by atoms with Gasteiger partial charge in [-0.1, -0.05) is 12.1 Å². The first-order chi connectivity index (χ1) is 15.1. The van der Waals surface area contributed by atoms with E-state index in [1.807, 2.05) is 0 Å². The third-order valence-corrected chi connectivity index (χ3v) is 5.73. The molecule has 0 radical (unpaired) electrons. The number of rotatable bonds is 5. The fourth-order valence-electron chi connectivity index (χ4n) is 4.34. The van der Waals surface area contributed by atoms with Gasteiger partial charge in [0, 0.05) is 22.6 Å². The number of hydrogen-bond donors (Lipinski definition) is 2. The average Bonchev–Trinajstić information content (AvgIpc) is 2.99. The van der Waals surface area contributed by atoms with Crippen molar-refractivity contribution >= 4 is 22.8 Å². The molecule has 0 bridgehead atoms. The molecule has 1 aromatic heterocycles. The zero-order valence-electron chi connectivity index (χ0n) is 16.9. The molecule has 9 heteroatoms. The van der Waals surface area contributed by atoms with E-state index in [1.54, 1.807) is 10.6 Å². The summed E-state index contributed by atoms with van der Waals surface area (Å²) in [5, 5.41) is 12.8. The van der Waals surface area contributed by atoms with Crippen molar-refractivity contribution in [1.29, 1.82) is 0 Å². The number of carboxylic acids is 1. The van der Waals surface area contributed by atoms with Crippen molar-refractivity contribution in [3.8, 4) is 0 Å². The maximum atomic E-state index is 13.9. The third-order valence-electron chi connectivity index (χ3n) is 5.73. The van der Waals surface area contributed by atoms with E-state index >= 15 is 0 Å². The zero-order chi connectivity index (χ0) is 23.0. The Hall–Kier alpha value is -3.36. The topological polar surface area (TPSA) is 71.3 Å². The summed E-state index contributed by atoms with van der Waals surface area (Å²) < 4.78 is 53.6. The second-order valence-electron chi connectivity index (χ2n) is 7.95. The summed E-state index contributed by atoms with van der Waals surface area (Å²) in [6.07, 6.45) is -2.98. The predicted molar refractivity (Wildman–Crippen MR) is 109 cm³/mol. The minimum atomic E-state index is -4.43. The van der Waals surface area contributed by atoms with Gasteiger partial charge < -0.3 is 15.0 Å². The zero-order valence-corrected chi connectivity index (χ0v) is 16.9. The van der Waals surface area contributed by atoms with Crippen molar-refractivity contribution in [2.24, 2.45) is 0 Å². The lowest BCUT2D eigenvalue weighted by Gasteiger charge is -2.25. The normalized spacial score (nSPS) is 16.1. The van der Waals surface area contributed by atoms with Crippen LogP contribution in [0.4, 0.5) is 17.6 Å². The highest BCUT2D eigenvalue weighted by Gasteiger charge is 2.30. The van der Waals surface area contributed by atoms with Gasteiger partial charge >= 0.3 is 12.1 Å². The van der Waals surface area contributed by atoms with Gasteiger partial charge in [0.15, 0.2) is 0 Å². The number of fused-ring (bicyclic) bond motifs is 3. The van der Waals surface area contributed by atoms with Crippen LogP contribution < -0.4 is 5.32 Å². The lowest BCUT2D eigenvalue weighted by molar-refractivity contribution is -0.138. The molecule has 2 N–H and O–H groups in total. The summed E-state index contributed by atoms with van der Waals surface area (Å²) >= 11 is 0. The number of amides is 1. The van der Waals surface area contributed by atoms with Crippen LogP contribution in [0, 0.1) is 5.82 Å². The van der Waals surface area contributed by atoms with Crippen LogP contribution in [0.5, 0.6) is 0 Å². The molecule has 5 nitrogen and oxygen atoms in total. The summed E-state index contributed by atoms with van der Waals surface area (Å²) in [5.41, 5.74) is 1.96. The van der Waals surface area contributed by atoms with E-state index in [2.05, 4.69) is 5.32 Å². The van der Waals surface area contributed by atoms with Gasteiger partial charge in [-0.05, 0) is 60.7 Å². The second-order valence-corrected chi connectivity index (χ2v) is 7.95. The maximum Gasteiger partial charge on any atom is 0.416 e. The highest BCUT2D eigenvalue weighted by Crippen LogP contribution is 2.33. The Morgan fingerprint density at radius 1 is 1.12 bits per heavy atom. The van der Waals surface area contributed by atoms with Crippen LogP contribution >= 0.6 is 0 Å². The number of aromatic nitrogens is 1. The summed E-state index contributed by atoms with van der Waals surface area (Å²) in [5.74, 6) is -1.75. The molecule has 0 unspecified atom stereocenters. The SMILES string of the molecule is O=C(O)Cn1c2c(c3cc(F)ccc31)C[C@H](NC(=O)Cc1ccc(C(F)(F)F)cc1)CC2. The van der Waals surface area contributed by atoms with Crippen LogP contribution in [-0.2, 0) is 41.6 Å². The molecule has 1 atom stereocenters. The number of alkyl halides is 3.